The molecule has 2 heterocycles. The second kappa shape index (κ2) is 8.75. The first kappa shape index (κ1) is 20.1. The summed E-state index contributed by atoms with van der Waals surface area (Å²) in [6.45, 7) is 2.70. The van der Waals surface area contributed by atoms with E-state index in [0.29, 0.717) is 18.0 Å². The number of ether oxygens (including phenoxy) is 1. The minimum atomic E-state index is -0.142. The van der Waals surface area contributed by atoms with Crippen LogP contribution in [0.2, 0.25) is 0 Å². The summed E-state index contributed by atoms with van der Waals surface area (Å²) in [5.41, 5.74) is 3.65. The molecule has 6 nitrogen and oxygen atoms in total. The van der Waals surface area contributed by atoms with Crippen LogP contribution < -0.4 is 10.1 Å². The fraction of sp³-hybridized carbons (Fsp3) is 0.231. The molecule has 2 N–H and O–H groups in total. The number of H-pyrrole nitrogens is 1. The third-order valence-electron chi connectivity index (χ3n) is 5.94. The van der Waals surface area contributed by atoms with Gasteiger partial charge in [0, 0.05) is 6.54 Å². The highest BCUT2D eigenvalue weighted by Gasteiger charge is 2.32. The molecule has 2 amide bonds. The number of likely N-dealkylation sites (tertiary alicyclic amines) is 1. The van der Waals surface area contributed by atoms with Crippen LogP contribution in [-0.4, -0.2) is 27.4 Å². The number of carbonyl (C=O) groups excluding carboxylic acids is 1. The van der Waals surface area contributed by atoms with Gasteiger partial charge in [0.25, 0.3) is 0 Å². The summed E-state index contributed by atoms with van der Waals surface area (Å²) in [4.78, 5) is 23.2. The second-order valence-corrected chi connectivity index (χ2v) is 8.09. The monoisotopic (exact) mass is 426 g/mol. The first-order chi connectivity index (χ1) is 15.7. The number of aromatic nitrogens is 2. The van der Waals surface area contributed by atoms with E-state index in [9.17, 15) is 4.79 Å². The molecular formula is C26H26N4O2. The van der Waals surface area contributed by atoms with Gasteiger partial charge in [-0.1, -0.05) is 54.6 Å². The normalized spacial score (nSPS) is 16.8. The standard InChI is InChI=1S/C26H26N4O2/c1-18(19-10-3-2-4-11-19)32-24-16-8-7-14-22(24)29-26(31)30-17-9-15-23(30)25-27-20-12-5-6-13-21(20)28-25/h2-8,10-14,16,18,23H,9,15,17H2,1H3,(H,27,28)(H,29,31). The number of rotatable bonds is 5. The minimum Gasteiger partial charge on any atom is -0.484 e. The van der Waals surface area contributed by atoms with Gasteiger partial charge in [0.2, 0.25) is 0 Å². The van der Waals surface area contributed by atoms with E-state index in [0.717, 1.165) is 35.3 Å². The minimum absolute atomic E-state index is 0.0706. The van der Waals surface area contributed by atoms with E-state index in [1.54, 1.807) is 0 Å². The Morgan fingerprint density at radius 3 is 2.66 bits per heavy atom. The molecule has 32 heavy (non-hydrogen) atoms. The van der Waals surface area contributed by atoms with E-state index in [1.165, 1.54) is 0 Å². The molecule has 0 aliphatic carbocycles. The highest BCUT2D eigenvalue weighted by atomic mass is 16.5. The van der Waals surface area contributed by atoms with Gasteiger partial charge in [-0.3, -0.25) is 0 Å². The maximum atomic E-state index is 13.2. The Bertz CT molecular complexity index is 1190. The topological polar surface area (TPSA) is 70.2 Å². The van der Waals surface area contributed by atoms with E-state index in [4.69, 9.17) is 9.72 Å². The molecule has 6 heteroatoms. The lowest BCUT2D eigenvalue weighted by Gasteiger charge is -2.24. The van der Waals surface area contributed by atoms with Gasteiger partial charge >= 0.3 is 6.03 Å². The molecule has 1 aromatic heterocycles. The number of amides is 2. The van der Waals surface area contributed by atoms with E-state index < -0.39 is 0 Å². The third-order valence-corrected chi connectivity index (χ3v) is 5.94. The summed E-state index contributed by atoms with van der Waals surface area (Å²) >= 11 is 0. The van der Waals surface area contributed by atoms with Gasteiger partial charge in [0.1, 0.15) is 17.7 Å². The maximum Gasteiger partial charge on any atom is 0.322 e. The first-order valence-electron chi connectivity index (χ1n) is 11.0. The van der Waals surface area contributed by atoms with Crippen LogP contribution in [0, 0.1) is 0 Å². The molecule has 0 bridgehead atoms. The molecule has 4 aromatic rings. The number of nitrogens with one attached hydrogen (secondary N) is 2. The fourth-order valence-electron chi connectivity index (χ4n) is 4.27. The van der Waals surface area contributed by atoms with Crippen LogP contribution in [0.15, 0.2) is 78.9 Å². The van der Waals surface area contributed by atoms with Gasteiger partial charge in [-0.25, -0.2) is 9.78 Å². The number of para-hydroxylation sites is 4. The van der Waals surface area contributed by atoms with Crippen molar-refractivity contribution in [3.8, 4) is 5.75 Å². The number of benzene rings is 3. The van der Waals surface area contributed by atoms with Crippen molar-refractivity contribution in [3.05, 3.63) is 90.3 Å². The molecule has 1 aliphatic rings. The van der Waals surface area contributed by atoms with Crippen LogP contribution in [0.4, 0.5) is 10.5 Å². The molecule has 1 fully saturated rings. The summed E-state index contributed by atoms with van der Waals surface area (Å²) in [6, 6.07) is 25.3. The number of aromatic amines is 1. The lowest BCUT2D eigenvalue weighted by Crippen LogP contribution is -2.35. The summed E-state index contributed by atoms with van der Waals surface area (Å²) in [6.07, 6.45) is 1.69. The molecule has 1 aliphatic heterocycles. The lowest BCUT2D eigenvalue weighted by molar-refractivity contribution is 0.204. The zero-order valence-corrected chi connectivity index (χ0v) is 18.0. The van der Waals surface area contributed by atoms with Gasteiger partial charge in [0.15, 0.2) is 0 Å². The molecule has 3 aromatic carbocycles. The summed E-state index contributed by atoms with van der Waals surface area (Å²) < 4.78 is 6.19. The predicted octanol–water partition coefficient (Wildman–Crippen LogP) is 6.07. The van der Waals surface area contributed by atoms with Crippen LogP contribution in [0.3, 0.4) is 0 Å². The zero-order chi connectivity index (χ0) is 21.9. The number of anilines is 1. The molecule has 0 saturated carbocycles. The molecular weight excluding hydrogens is 400 g/mol. The Kier molecular flexibility index (Phi) is 5.50. The summed E-state index contributed by atoms with van der Waals surface area (Å²) in [7, 11) is 0. The van der Waals surface area contributed by atoms with Crippen molar-refractivity contribution in [1.82, 2.24) is 14.9 Å². The van der Waals surface area contributed by atoms with Crippen LogP contribution in [-0.2, 0) is 0 Å². The van der Waals surface area contributed by atoms with Crippen molar-refractivity contribution in [1.29, 1.82) is 0 Å². The maximum absolute atomic E-state index is 13.2. The van der Waals surface area contributed by atoms with Crippen LogP contribution in [0.5, 0.6) is 5.75 Å². The van der Waals surface area contributed by atoms with Crippen molar-refractivity contribution in [2.45, 2.75) is 31.9 Å². The fourth-order valence-corrected chi connectivity index (χ4v) is 4.27. The molecule has 2 unspecified atom stereocenters. The molecule has 5 rings (SSSR count). The van der Waals surface area contributed by atoms with Gasteiger partial charge in [0.05, 0.1) is 22.8 Å². The molecule has 0 spiro atoms. The number of urea groups is 1. The van der Waals surface area contributed by atoms with Gasteiger partial charge in [-0.2, -0.15) is 0 Å². The lowest BCUT2D eigenvalue weighted by atomic mass is 10.1. The predicted molar refractivity (Wildman–Crippen MR) is 126 cm³/mol. The summed E-state index contributed by atoms with van der Waals surface area (Å²) in [5.74, 6) is 1.48. The number of hydrogen-bond acceptors (Lipinski definition) is 3. The molecule has 1 saturated heterocycles. The Hall–Kier alpha value is -3.80. The Morgan fingerprint density at radius 2 is 1.81 bits per heavy atom. The van der Waals surface area contributed by atoms with Gasteiger partial charge in [-0.15, -0.1) is 0 Å². The largest absolute Gasteiger partial charge is 0.484 e. The number of fused-ring (bicyclic) bond motifs is 1. The molecule has 2 atom stereocenters. The van der Waals surface area contributed by atoms with Crippen molar-refractivity contribution >= 4 is 22.8 Å². The zero-order valence-electron chi connectivity index (χ0n) is 18.0. The van der Waals surface area contributed by atoms with Gasteiger partial charge in [-0.05, 0) is 49.6 Å². The highest BCUT2D eigenvalue weighted by molar-refractivity contribution is 5.91. The Labute approximate surface area is 187 Å². The highest BCUT2D eigenvalue weighted by Crippen LogP contribution is 2.34. The summed E-state index contributed by atoms with van der Waals surface area (Å²) in [5, 5.41) is 3.06. The van der Waals surface area contributed by atoms with E-state index in [-0.39, 0.29) is 18.2 Å². The number of hydrogen-bond donors (Lipinski definition) is 2. The van der Waals surface area contributed by atoms with E-state index in [2.05, 4.69) is 10.3 Å². The van der Waals surface area contributed by atoms with Crippen molar-refractivity contribution < 1.29 is 9.53 Å². The number of imidazole rings is 1. The van der Waals surface area contributed by atoms with Crippen LogP contribution in [0.25, 0.3) is 11.0 Å². The Morgan fingerprint density at radius 1 is 1.06 bits per heavy atom. The van der Waals surface area contributed by atoms with Crippen molar-refractivity contribution in [2.24, 2.45) is 0 Å². The first-order valence-corrected chi connectivity index (χ1v) is 11.0. The smallest absolute Gasteiger partial charge is 0.322 e. The average Bonchev–Trinajstić information content (AvgIpc) is 3.48. The van der Waals surface area contributed by atoms with Crippen molar-refractivity contribution in [2.75, 3.05) is 11.9 Å². The second-order valence-electron chi connectivity index (χ2n) is 8.09. The van der Waals surface area contributed by atoms with Crippen LogP contribution >= 0.6 is 0 Å². The Balaban J connectivity index is 1.33. The van der Waals surface area contributed by atoms with Gasteiger partial charge < -0.3 is 19.9 Å². The van der Waals surface area contributed by atoms with E-state index >= 15 is 0 Å². The number of nitrogens with zero attached hydrogens (tertiary/aromatic N) is 2. The third kappa shape index (κ3) is 4.04. The average molecular weight is 427 g/mol. The molecule has 162 valence electrons. The van der Waals surface area contributed by atoms with Crippen molar-refractivity contribution in [3.63, 3.8) is 0 Å². The molecule has 0 radical (unpaired) electrons. The number of carbonyl (C=O) groups is 1. The quantitative estimate of drug-likeness (QED) is 0.407. The van der Waals surface area contributed by atoms with E-state index in [1.807, 2.05) is 90.7 Å². The van der Waals surface area contributed by atoms with Crippen LogP contribution in [0.1, 0.15) is 43.3 Å². The SMILES string of the molecule is CC(Oc1ccccc1NC(=O)N1CCCC1c1nc2ccccc2[nH]1)c1ccccc1.